The number of methoxy groups -OCH3 is 1. The van der Waals surface area contributed by atoms with Crippen molar-refractivity contribution in [1.29, 1.82) is 0 Å². The Labute approximate surface area is 180 Å². The Kier molecular flexibility index (Phi) is 10.5. The monoisotopic (exact) mass is 406 g/mol. The van der Waals surface area contributed by atoms with Gasteiger partial charge in [-0.2, -0.15) is 0 Å². The number of halogens is 1. The molecule has 0 aliphatic heterocycles. The van der Waals surface area contributed by atoms with Gasteiger partial charge in [0.1, 0.15) is 0 Å². The first-order valence-corrected chi connectivity index (χ1v) is 13.0. The van der Waals surface area contributed by atoms with E-state index in [4.69, 9.17) is 4.74 Å². The average Bonchev–Trinajstić information content (AvgIpc) is 2.78. The lowest BCUT2D eigenvalue weighted by Crippen LogP contribution is -2.29. The van der Waals surface area contributed by atoms with E-state index in [0.29, 0.717) is 6.42 Å². The first-order valence-electron chi connectivity index (χ1n) is 13.0. The second kappa shape index (κ2) is 13.1. The number of hydrogen-bond donors (Lipinski definition) is 0. The van der Waals surface area contributed by atoms with Gasteiger partial charge in [-0.1, -0.05) is 25.0 Å². The highest BCUT2D eigenvalue weighted by Gasteiger charge is 2.34. The maximum atomic E-state index is 12.1. The molecule has 0 atom stereocenters. The van der Waals surface area contributed by atoms with E-state index >= 15 is 0 Å². The smallest absolute Gasteiger partial charge is 0.0897 e. The maximum absolute atomic E-state index is 12.1. The third-order valence-corrected chi connectivity index (χ3v) is 8.80. The van der Waals surface area contributed by atoms with Gasteiger partial charge in [0.25, 0.3) is 0 Å². The van der Waals surface area contributed by atoms with Crippen LogP contribution in [0.3, 0.4) is 0 Å². The molecule has 0 unspecified atom stereocenters. The second-order valence-corrected chi connectivity index (χ2v) is 10.6. The zero-order valence-corrected chi connectivity index (χ0v) is 19.1. The Morgan fingerprint density at radius 2 is 1.17 bits per heavy atom. The fraction of sp³-hybridized carbons (Fsp3) is 0.926. The van der Waals surface area contributed by atoms with Crippen molar-refractivity contribution in [2.24, 2.45) is 35.5 Å². The fourth-order valence-corrected chi connectivity index (χ4v) is 6.82. The molecule has 0 spiro atoms. The molecule has 0 heterocycles. The van der Waals surface area contributed by atoms with Crippen LogP contribution in [0.5, 0.6) is 0 Å². The number of ether oxygens (including phenoxy) is 1. The molecule has 0 saturated heterocycles. The largest absolute Gasteiger partial charge is 0.385 e. The van der Waals surface area contributed by atoms with Gasteiger partial charge >= 0.3 is 0 Å². The van der Waals surface area contributed by atoms with Gasteiger partial charge in [0, 0.05) is 13.7 Å². The Morgan fingerprint density at radius 1 is 0.690 bits per heavy atom. The summed E-state index contributed by atoms with van der Waals surface area (Å²) in [7, 11) is 1.84. The van der Waals surface area contributed by atoms with Gasteiger partial charge in [-0.3, -0.25) is 4.39 Å². The van der Waals surface area contributed by atoms with Crippen LogP contribution >= 0.6 is 0 Å². The molecule has 0 aromatic heterocycles. The van der Waals surface area contributed by atoms with E-state index in [1.165, 1.54) is 89.9 Å². The molecule has 0 amide bonds. The number of unbranched alkanes of at least 4 members (excludes halogenated alkanes) is 1. The molecule has 0 radical (unpaired) electrons. The van der Waals surface area contributed by atoms with Crippen LogP contribution < -0.4 is 0 Å². The second-order valence-electron chi connectivity index (χ2n) is 10.6. The lowest BCUT2D eigenvalue weighted by Gasteiger charge is -2.41. The SMILES string of the molecule is COCCC1CCC(C2CCC(C3CCC(C/C=C/CCCF)CC3)CC2)CC1. The highest BCUT2D eigenvalue weighted by molar-refractivity contribution is 4.89. The van der Waals surface area contributed by atoms with E-state index in [0.717, 1.165) is 48.5 Å². The minimum absolute atomic E-state index is 0.173. The summed E-state index contributed by atoms with van der Waals surface area (Å²) < 4.78 is 17.4. The Morgan fingerprint density at radius 3 is 1.66 bits per heavy atom. The quantitative estimate of drug-likeness (QED) is 0.263. The van der Waals surface area contributed by atoms with Crippen LogP contribution in [0.25, 0.3) is 0 Å². The number of alkyl halides is 1. The number of allylic oxidation sites excluding steroid dienone is 2. The van der Waals surface area contributed by atoms with Crippen molar-refractivity contribution < 1.29 is 9.13 Å². The first-order chi connectivity index (χ1) is 14.3. The summed E-state index contributed by atoms with van der Waals surface area (Å²) in [5, 5.41) is 0. The van der Waals surface area contributed by atoms with Crippen molar-refractivity contribution in [3.05, 3.63) is 12.2 Å². The molecule has 3 rings (SSSR count). The summed E-state index contributed by atoms with van der Waals surface area (Å²) in [6.45, 7) is 0.783. The Balaban J connectivity index is 1.29. The van der Waals surface area contributed by atoms with Crippen molar-refractivity contribution in [2.45, 2.75) is 103 Å². The maximum Gasteiger partial charge on any atom is 0.0897 e. The molecule has 1 nitrogen and oxygen atoms in total. The van der Waals surface area contributed by atoms with Crippen molar-refractivity contribution >= 4 is 0 Å². The van der Waals surface area contributed by atoms with Crippen LogP contribution in [0.1, 0.15) is 103 Å². The molecule has 3 saturated carbocycles. The number of rotatable bonds is 10. The topological polar surface area (TPSA) is 9.23 Å². The van der Waals surface area contributed by atoms with Crippen LogP contribution in [0, 0.1) is 35.5 Å². The first kappa shape index (κ1) is 23.3. The van der Waals surface area contributed by atoms with Gasteiger partial charge in [0.15, 0.2) is 0 Å². The Bertz CT molecular complexity index is 437. The van der Waals surface area contributed by atoms with Crippen molar-refractivity contribution in [3.8, 4) is 0 Å². The van der Waals surface area contributed by atoms with Gasteiger partial charge in [0.2, 0.25) is 0 Å². The molecule has 0 bridgehead atoms. The summed E-state index contributed by atoms with van der Waals surface area (Å²) >= 11 is 0. The van der Waals surface area contributed by atoms with Gasteiger partial charge in [-0.15, -0.1) is 0 Å². The molecule has 2 heteroatoms. The molecule has 0 aromatic rings. The third kappa shape index (κ3) is 7.67. The van der Waals surface area contributed by atoms with Crippen LogP contribution in [0.4, 0.5) is 4.39 Å². The minimum atomic E-state index is -0.173. The van der Waals surface area contributed by atoms with Crippen molar-refractivity contribution in [3.63, 3.8) is 0 Å². The standard InChI is InChI=1S/C27H47FO/c1-29-21-19-23-9-13-25(14-10-23)27-17-15-26(16-18-27)24-11-7-22(8-12-24)6-4-2-3-5-20-28/h2,4,22-27H,3,5-21H2,1H3/b4-2+. The molecule has 3 aliphatic rings. The van der Waals surface area contributed by atoms with Crippen LogP contribution in [-0.4, -0.2) is 20.4 Å². The summed E-state index contributed by atoms with van der Waals surface area (Å²) in [6, 6.07) is 0. The van der Waals surface area contributed by atoms with E-state index < -0.39 is 0 Å². The molecule has 168 valence electrons. The van der Waals surface area contributed by atoms with Crippen molar-refractivity contribution in [2.75, 3.05) is 20.4 Å². The third-order valence-electron chi connectivity index (χ3n) is 8.80. The average molecular weight is 407 g/mol. The van der Waals surface area contributed by atoms with Crippen molar-refractivity contribution in [1.82, 2.24) is 0 Å². The predicted molar refractivity (Wildman–Crippen MR) is 122 cm³/mol. The molecular weight excluding hydrogens is 359 g/mol. The molecule has 0 aromatic carbocycles. The van der Waals surface area contributed by atoms with Crippen LogP contribution in [-0.2, 0) is 4.74 Å². The summed E-state index contributed by atoms with van der Waals surface area (Å²) in [6.07, 6.45) is 26.5. The molecular formula is C27H47FO. The molecule has 0 N–H and O–H groups in total. The summed E-state index contributed by atoms with van der Waals surface area (Å²) in [5.41, 5.74) is 0. The summed E-state index contributed by atoms with van der Waals surface area (Å²) in [5.74, 6) is 5.97. The Hall–Kier alpha value is -0.370. The van der Waals surface area contributed by atoms with Crippen LogP contribution in [0.2, 0.25) is 0 Å². The minimum Gasteiger partial charge on any atom is -0.385 e. The molecule has 3 fully saturated rings. The zero-order chi connectivity index (χ0) is 20.3. The fourth-order valence-electron chi connectivity index (χ4n) is 6.82. The van der Waals surface area contributed by atoms with E-state index in [-0.39, 0.29) is 6.67 Å². The highest BCUT2D eigenvalue weighted by atomic mass is 19.1. The lowest BCUT2D eigenvalue weighted by molar-refractivity contribution is 0.0972. The summed E-state index contributed by atoms with van der Waals surface area (Å²) in [4.78, 5) is 0. The van der Waals surface area contributed by atoms with E-state index in [1.54, 1.807) is 0 Å². The highest BCUT2D eigenvalue weighted by Crippen LogP contribution is 2.46. The zero-order valence-electron chi connectivity index (χ0n) is 19.1. The van der Waals surface area contributed by atoms with Crippen LogP contribution in [0.15, 0.2) is 12.2 Å². The van der Waals surface area contributed by atoms with E-state index in [9.17, 15) is 4.39 Å². The normalized spacial score (nSPS) is 36.5. The molecule has 29 heavy (non-hydrogen) atoms. The van der Waals surface area contributed by atoms with Gasteiger partial charge in [-0.25, -0.2) is 0 Å². The van der Waals surface area contributed by atoms with Gasteiger partial charge < -0.3 is 4.74 Å². The predicted octanol–water partition coefficient (Wildman–Crippen LogP) is 8.14. The lowest BCUT2D eigenvalue weighted by atomic mass is 9.65. The van der Waals surface area contributed by atoms with Gasteiger partial charge in [0.05, 0.1) is 6.67 Å². The molecule has 3 aliphatic carbocycles. The van der Waals surface area contributed by atoms with E-state index in [2.05, 4.69) is 12.2 Å². The van der Waals surface area contributed by atoms with E-state index in [1.807, 2.05) is 7.11 Å². The number of hydrogen-bond acceptors (Lipinski definition) is 1. The van der Waals surface area contributed by atoms with Gasteiger partial charge in [-0.05, 0) is 125 Å².